The number of hydrogen-bond donors (Lipinski definition) is 6. The summed E-state index contributed by atoms with van der Waals surface area (Å²) in [6, 6.07) is -1.95. The van der Waals surface area contributed by atoms with Crippen LogP contribution in [-0.2, 0) is 39.0 Å². The van der Waals surface area contributed by atoms with Crippen LogP contribution in [0.25, 0.3) is 0 Å². The van der Waals surface area contributed by atoms with Crippen LogP contribution in [0.3, 0.4) is 0 Å². The molecule has 1 unspecified atom stereocenters. The molecule has 36 heavy (non-hydrogen) atoms. The molecular weight excluding hydrogens is 534 g/mol. The van der Waals surface area contributed by atoms with Crippen molar-refractivity contribution in [3.63, 3.8) is 0 Å². The van der Waals surface area contributed by atoms with Crippen LogP contribution in [0.1, 0.15) is 13.1 Å². The van der Waals surface area contributed by atoms with Gasteiger partial charge in [-0.15, -0.1) is 11.3 Å². The molecule has 1 aliphatic rings. The number of carboxylic acid groups (broad SMARTS) is 1. The molecule has 1 aromatic heterocycles. The van der Waals surface area contributed by atoms with Crippen LogP contribution >= 0.6 is 11.3 Å². The Hall–Kier alpha value is -4.24. The summed E-state index contributed by atoms with van der Waals surface area (Å²) in [6.45, 7) is -3.17. The number of carbonyl (C=O) groups is 5. The number of aliphatic carboxylic acids is 1. The number of nitrogens with zero attached hydrogens (tertiary/aromatic N) is 3. The number of ether oxygens (including phenoxy) is 2. The molecule has 9 N–H and O–H groups in total. The normalized spacial score (nSPS) is 16.7. The molecule has 2 rings (SSSR count). The Morgan fingerprint density at radius 1 is 1.22 bits per heavy atom. The van der Waals surface area contributed by atoms with Crippen molar-refractivity contribution in [2.24, 2.45) is 16.6 Å². The van der Waals surface area contributed by atoms with Crippen LogP contribution in [0.4, 0.5) is 14.7 Å². The fraction of sp³-hybridized carbons (Fsp3) is 0.400. The van der Waals surface area contributed by atoms with Crippen LogP contribution in [0.2, 0.25) is 0 Å². The smallest absolute Gasteiger partial charge is 0.404 e. The van der Waals surface area contributed by atoms with Crippen molar-refractivity contribution in [1.82, 2.24) is 14.6 Å². The van der Waals surface area contributed by atoms with Gasteiger partial charge in [0.25, 0.3) is 11.8 Å². The zero-order chi connectivity index (χ0) is 26.6. The van der Waals surface area contributed by atoms with E-state index in [1.54, 1.807) is 0 Å². The number of aromatic nitrogens is 1. The van der Waals surface area contributed by atoms with Gasteiger partial charge in [0.2, 0.25) is 6.61 Å². The van der Waals surface area contributed by atoms with Gasteiger partial charge < -0.3 is 41.9 Å². The van der Waals surface area contributed by atoms with Gasteiger partial charge in [0.15, 0.2) is 16.4 Å². The SMILES string of the molecule is C.NC(=O)OCC1(COC(N)=O)C(NC(=O)/C(=N\OCC(=O)O)c2csc(N)n2)C(=O)N1S(=O)(=O)O. The highest BCUT2D eigenvalue weighted by molar-refractivity contribution is 7.84. The lowest BCUT2D eigenvalue weighted by atomic mass is 9.82. The molecular formula is C15H21N7O12S2. The second kappa shape index (κ2) is 11.5. The Labute approximate surface area is 206 Å². The maximum atomic E-state index is 12.9. The Balaban J connectivity index is 0.00000648. The van der Waals surface area contributed by atoms with Crippen LogP contribution in [0.15, 0.2) is 10.5 Å². The fourth-order valence-electron chi connectivity index (χ4n) is 2.83. The quantitative estimate of drug-likeness (QED) is 0.0696. The van der Waals surface area contributed by atoms with Crippen molar-refractivity contribution in [2.45, 2.75) is 19.0 Å². The topological polar surface area (TPSA) is 306 Å². The Morgan fingerprint density at radius 2 is 1.78 bits per heavy atom. The maximum absolute atomic E-state index is 12.9. The monoisotopic (exact) mass is 555 g/mol. The minimum absolute atomic E-state index is 0. The number of carbonyl (C=O) groups excluding carboxylic acids is 4. The summed E-state index contributed by atoms with van der Waals surface area (Å²) >= 11 is 0.859. The number of oxime groups is 1. The van der Waals surface area contributed by atoms with Crippen molar-refractivity contribution in [3.05, 3.63) is 11.1 Å². The van der Waals surface area contributed by atoms with Crippen molar-refractivity contribution in [3.8, 4) is 0 Å². The summed E-state index contributed by atoms with van der Waals surface area (Å²) in [5, 5.41) is 15.3. The third-order valence-corrected chi connectivity index (χ3v) is 5.83. The Morgan fingerprint density at radius 3 is 2.19 bits per heavy atom. The first-order valence-corrected chi connectivity index (χ1v) is 11.1. The molecule has 1 fully saturated rings. The molecule has 200 valence electrons. The lowest BCUT2D eigenvalue weighted by Gasteiger charge is -2.53. The molecule has 19 nitrogen and oxygen atoms in total. The first-order valence-electron chi connectivity index (χ1n) is 8.79. The van der Waals surface area contributed by atoms with Gasteiger partial charge in [0.1, 0.15) is 24.9 Å². The first-order chi connectivity index (χ1) is 16.2. The van der Waals surface area contributed by atoms with E-state index in [-0.39, 0.29) is 22.6 Å². The number of nitrogens with two attached hydrogens (primary N) is 3. The molecule has 1 saturated heterocycles. The number of primary amides is 2. The Kier molecular flexibility index (Phi) is 9.48. The minimum atomic E-state index is -5.36. The van der Waals surface area contributed by atoms with Crippen LogP contribution in [-0.4, -0.2) is 94.4 Å². The molecule has 0 aromatic carbocycles. The predicted octanol–water partition coefficient (Wildman–Crippen LogP) is -2.77. The van der Waals surface area contributed by atoms with E-state index >= 15 is 0 Å². The van der Waals surface area contributed by atoms with E-state index in [9.17, 15) is 36.9 Å². The second-order valence-electron chi connectivity index (χ2n) is 6.48. The zero-order valence-electron chi connectivity index (χ0n) is 17.1. The molecule has 1 atom stereocenters. The first kappa shape index (κ1) is 29.8. The molecule has 0 bridgehead atoms. The predicted molar refractivity (Wildman–Crippen MR) is 118 cm³/mol. The number of thiazole rings is 1. The third-order valence-electron chi connectivity index (χ3n) is 4.15. The van der Waals surface area contributed by atoms with E-state index in [4.69, 9.17) is 22.3 Å². The van der Waals surface area contributed by atoms with Crippen molar-refractivity contribution in [2.75, 3.05) is 25.6 Å². The molecule has 1 aromatic rings. The lowest BCUT2D eigenvalue weighted by molar-refractivity contribution is -0.162. The van der Waals surface area contributed by atoms with Crippen LogP contribution in [0, 0.1) is 0 Å². The summed E-state index contributed by atoms with van der Waals surface area (Å²) < 4.78 is 42.0. The molecule has 21 heteroatoms. The van der Waals surface area contributed by atoms with E-state index in [1.807, 2.05) is 5.32 Å². The lowest BCUT2D eigenvalue weighted by Crippen LogP contribution is -2.83. The summed E-state index contributed by atoms with van der Waals surface area (Å²) in [6.07, 6.45) is -2.91. The number of amides is 4. The molecule has 0 spiro atoms. The van der Waals surface area contributed by atoms with Crippen molar-refractivity contribution < 1.29 is 56.4 Å². The number of rotatable bonds is 11. The minimum Gasteiger partial charge on any atom is -0.479 e. The summed E-state index contributed by atoms with van der Waals surface area (Å²) in [7, 11) is -5.36. The molecule has 0 radical (unpaired) electrons. The van der Waals surface area contributed by atoms with Gasteiger partial charge in [-0.3, -0.25) is 14.1 Å². The average Bonchev–Trinajstić information content (AvgIpc) is 3.15. The number of carboxylic acids is 1. The number of nitrogens with one attached hydrogen (secondary N) is 1. The van der Waals surface area contributed by atoms with Gasteiger partial charge in [-0.2, -0.15) is 12.7 Å². The number of nitrogen functional groups attached to an aromatic ring is 1. The highest BCUT2D eigenvalue weighted by atomic mass is 32.2. The number of β-lactam (4-membered cyclic amide) rings is 1. The molecule has 0 aliphatic carbocycles. The maximum Gasteiger partial charge on any atom is 0.404 e. The summed E-state index contributed by atoms with van der Waals surface area (Å²) in [4.78, 5) is 66.7. The largest absolute Gasteiger partial charge is 0.479 e. The highest BCUT2D eigenvalue weighted by Crippen LogP contribution is 2.36. The van der Waals surface area contributed by atoms with Crippen molar-refractivity contribution >= 4 is 62.5 Å². The second-order valence-corrected chi connectivity index (χ2v) is 8.63. The van der Waals surface area contributed by atoms with Gasteiger partial charge in [-0.25, -0.2) is 19.4 Å². The van der Waals surface area contributed by atoms with E-state index in [0.29, 0.717) is 0 Å². The van der Waals surface area contributed by atoms with Gasteiger partial charge in [-0.1, -0.05) is 12.6 Å². The van der Waals surface area contributed by atoms with Crippen molar-refractivity contribution in [1.29, 1.82) is 0 Å². The van der Waals surface area contributed by atoms with Crippen LogP contribution in [0.5, 0.6) is 0 Å². The van der Waals surface area contributed by atoms with E-state index in [1.165, 1.54) is 5.38 Å². The van der Waals surface area contributed by atoms with Gasteiger partial charge >= 0.3 is 28.5 Å². The summed E-state index contributed by atoms with van der Waals surface area (Å²) in [5.74, 6) is -4.18. The van der Waals surface area contributed by atoms with E-state index in [2.05, 4.69) is 24.5 Å². The Bertz CT molecular complexity index is 1160. The summed E-state index contributed by atoms with van der Waals surface area (Å²) in [5.41, 5.74) is 11.9. The van der Waals surface area contributed by atoms with Gasteiger partial charge in [0, 0.05) is 5.38 Å². The zero-order valence-corrected chi connectivity index (χ0v) is 18.8. The molecule has 1 aliphatic heterocycles. The van der Waals surface area contributed by atoms with Crippen LogP contribution < -0.4 is 22.5 Å². The van der Waals surface area contributed by atoms with E-state index in [0.717, 1.165) is 11.3 Å². The highest BCUT2D eigenvalue weighted by Gasteiger charge is 2.67. The van der Waals surface area contributed by atoms with Gasteiger partial charge in [0.05, 0.1) is 0 Å². The molecule has 0 saturated carbocycles. The van der Waals surface area contributed by atoms with E-state index < -0.39 is 77.4 Å². The number of hydrogen-bond acceptors (Lipinski definition) is 14. The standard InChI is InChI=1S/C14H17N7O12S2.CH4/c15-11-18-5(2-34-11)7(20-33-1-6(22)23)9(24)19-8-10(25)21(35(28,29)30)14(8,3-31-12(16)26)4-32-13(17)27;/h2,8H,1,3-4H2,(H2,15,18)(H2,16,26)(H2,17,27)(H,19,24)(H,22,23)(H,28,29,30);1H4/b20-7-;. The molecule has 2 heterocycles. The fourth-order valence-corrected chi connectivity index (χ4v) is 4.38. The average molecular weight is 556 g/mol. The molecule has 4 amide bonds. The number of anilines is 1. The van der Waals surface area contributed by atoms with Gasteiger partial charge in [-0.05, 0) is 0 Å². The third kappa shape index (κ3) is 6.67.